The average molecular weight is 261 g/mol. The van der Waals surface area contributed by atoms with Gasteiger partial charge in [0.2, 0.25) is 0 Å². The second kappa shape index (κ2) is 6.38. The van der Waals surface area contributed by atoms with Gasteiger partial charge in [-0.25, -0.2) is 0 Å². The highest BCUT2D eigenvalue weighted by Gasteiger charge is 2.13. The van der Waals surface area contributed by atoms with Crippen molar-refractivity contribution >= 4 is 16.9 Å². The maximum absolute atomic E-state index is 12.0. The molecule has 1 heterocycles. The van der Waals surface area contributed by atoms with E-state index in [0.717, 1.165) is 17.4 Å². The Morgan fingerprint density at radius 1 is 1.42 bits per heavy atom. The fourth-order valence-corrected chi connectivity index (χ4v) is 2.05. The summed E-state index contributed by atoms with van der Waals surface area (Å²) in [6, 6.07) is 9.29. The largest absolute Gasteiger partial charge is 0.451 e. The van der Waals surface area contributed by atoms with Gasteiger partial charge in [-0.15, -0.1) is 0 Å². The first-order valence-electron chi connectivity index (χ1n) is 6.62. The van der Waals surface area contributed by atoms with Gasteiger partial charge in [0.25, 0.3) is 5.91 Å². The molecule has 2 aromatic rings. The number of rotatable bonds is 6. The summed E-state index contributed by atoms with van der Waals surface area (Å²) in [4.78, 5) is 12.0. The molecule has 1 atom stereocenters. The molecule has 4 heteroatoms. The van der Waals surface area contributed by atoms with E-state index >= 15 is 0 Å². The summed E-state index contributed by atoms with van der Waals surface area (Å²) in [5.74, 6) is 0.436. The van der Waals surface area contributed by atoms with Gasteiger partial charge >= 0.3 is 0 Å². The fraction of sp³-hybridized carbons (Fsp3) is 0.400. The molecule has 4 nitrogen and oxygen atoms in total. The smallest absolute Gasteiger partial charge is 0.287 e. The third-order valence-corrected chi connectivity index (χ3v) is 3.32. The van der Waals surface area contributed by atoms with Gasteiger partial charge in [-0.2, -0.15) is 0 Å². The van der Waals surface area contributed by atoms with E-state index in [1.807, 2.05) is 31.2 Å². The number of carbonyl (C=O) groups is 1. The lowest BCUT2D eigenvalue weighted by molar-refractivity contribution is 0.0918. The Balaban J connectivity index is 1.99. The molecule has 2 N–H and O–H groups in total. The van der Waals surface area contributed by atoms with Crippen LogP contribution < -0.4 is 5.32 Å². The lowest BCUT2D eigenvalue weighted by Crippen LogP contribution is -2.29. The van der Waals surface area contributed by atoms with Gasteiger partial charge in [0.05, 0.1) is 0 Å². The van der Waals surface area contributed by atoms with Crippen molar-refractivity contribution in [1.29, 1.82) is 0 Å². The van der Waals surface area contributed by atoms with E-state index in [2.05, 4.69) is 5.32 Å². The van der Waals surface area contributed by atoms with Crippen molar-refractivity contribution in [2.24, 2.45) is 5.92 Å². The summed E-state index contributed by atoms with van der Waals surface area (Å²) in [6.45, 7) is 2.76. The van der Waals surface area contributed by atoms with Crippen LogP contribution in [0.25, 0.3) is 11.0 Å². The monoisotopic (exact) mass is 261 g/mol. The number of para-hydroxylation sites is 1. The highest BCUT2D eigenvalue weighted by Crippen LogP contribution is 2.18. The number of amides is 1. The Bertz CT molecular complexity index is 514. The third kappa shape index (κ3) is 3.35. The molecule has 1 unspecified atom stereocenters. The van der Waals surface area contributed by atoms with Crippen molar-refractivity contribution in [3.63, 3.8) is 0 Å². The topological polar surface area (TPSA) is 62.5 Å². The molecule has 0 fully saturated rings. The zero-order valence-electron chi connectivity index (χ0n) is 11.1. The van der Waals surface area contributed by atoms with Crippen LogP contribution in [-0.2, 0) is 0 Å². The zero-order chi connectivity index (χ0) is 13.7. The number of hydrogen-bond donors (Lipinski definition) is 2. The average Bonchev–Trinajstić information content (AvgIpc) is 2.87. The normalized spacial score (nSPS) is 12.5. The molecule has 0 aliphatic heterocycles. The van der Waals surface area contributed by atoms with Gasteiger partial charge in [-0.05, 0) is 24.5 Å². The molecular weight excluding hydrogens is 242 g/mol. The van der Waals surface area contributed by atoms with Crippen LogP contribution in [0.15, 0.2) is 34.7 Å². The third-order valence-electron chi connectivity index (χ3n) is 3.32. The fourth-order valence-electron chi connectivity index (χ4n) is 2.05. The molecule has 1 amide bonds. The molecule has 1 aromatic heterocycles. The van der Waals surface area contributed by atoms with Crippen LogP contribution in [-0.4, -0.2) is 24.2 Å². The molecule has 0 aliphatic rings. The van der Waals surface area contributed by atoms with Crippen molar-refractivity contribution in [3.8, 4) is 0 Å². The lowest BCUT2D eigenvalue weighted by Gasteiger charge is -2.13. The summed E-state index contributed by atoms with van der Waals surface area (Å²) in [5, 5.41) is 12.7. The molecule has 2 rings (SSSR count). The van der Waals surface area contributed by atoms with Crippen LogP contribution >= 0.6 is 0 Å². The highest BCUT2D eigenvalue weighted by atomic mass is 16.3. The van der Waals surface area contributed by atoms with Crippen molar-refractivity contribution < 1.29 is 14.3 Å². The van der Waals surface area contributed by atoms with E-state index in [0.29, 0.717) is 24.6 Å². The molecule has 0 radical (unpaired) electrons. The van der Waals surface area contributed by atoms with E-state index in [1.54, 1.807) is 6.07 Å². The SMILES string of the molecule is CCC(CCO)CNC(=O)c1cc2ccccc2o1. The van der Waals surface area contributed by atoms with Crippen LogP contribution in [0.3, 0.4) is 0 Å². The lowest BCUT2D eigenvalue weighted by atomic mass is 10.0. The van der Waals surface area contributed by atoms with Gasteiger partial charge in [0.15, 0.2) is 5.76 Å². The summed E-state index contributed by atoms with van der Waals surface area (Å²) in [6.07, 6.45) is 1.64. The van der Waals surface area contributed by atoms with Gasteiger partial charge in [0, 0.05) is 18.5 Å². The number of fused-ring (bicyclic) bond motifs is 1. The maximum Gasteiger partial charge on any atom is 0.287 e. The van der Waals surface area contributed by atoms with Crippen LogP contribution in [0.5, 0.6) is 0 Å². The summed E-state index contributed by atoms with van der Waals surface area (Å²) < 4.78 is 5.49. The first-order valence-corrected chi connectivity index (χ1v) is 6.62. The van der Waals surface area contributed by atoms with Gasteiger partial charge in [-0.1, -0.05) is 31.5 Å². The van der Waals surface area contributed by atoms with E-state index < -0.39 is 0 Å². The minimum atomic E-state index is -0.201. The standard InChI is InChI=1S/C15H19NO3/c1-2-11(7-8-17)10-16-15(18)14-9-12-5-3-4-6-13(12)19-14/h3-6,9,11,17H,2,7-8,10H2,1H3,(H,16,18). The van der Waals surface area contributed by atoms with Gasteiger partial charge in [-0.3, -0.25) is 4.79 Å². The number of carbonyl (C=O) groups excluding carboxylic acids is 1. The van der Waals surface area contributed by atoms with Crippen molar-refractivity contribution in [1.82, 2.24) is 5.32 Å². The molecule has 0 spiro atoms. The minimum absolute atomic E-state index is 0.152. The molecule has 102 valence electrons. The molecule has 0 aliphatic carbocycles. The molecular formula is C15H19NO3. The van der Waals surface area contributed by atoms with Crippen molar-refractivity contribution in [3.05, 3.63) is 36.1 Å². The van der Waals surface area contributed by atoms with Crippen molar-refractivity contribution in [2.45, 2.75) is 19.8 Å². The first kappa shape index (κ1) is 13.6. The van der Waals surface area contributed by atoms with Crippen LogP contribution in [0.1, 0.15) is 30.3 Å². The van der Waals surface area contributed by atoms with E-state index in [-0.39, 0.29) is 12.5 Å². The Kier molecular flexibility index (Phi) is 4.58. The quantitative estimate of drug-likeness (QED) is 0.840. The molecule has 1 aromatic carbocycles. The number of benzene rings is 1. The van der Waals surface area contributed by atoms with E-state index in [9.17, 15) is 4.79 Å². The Morgan fingerprint density at radius 3 is 2.89 bits per heavy atom. The number of aliphatic hydroxyl groups is 1. The van der Waals surface area contributed by atoms with Crippen LogP contribution in [0.4, 0.5) is 0 Å². The van der Waals surface area contributed by atoms with Crippen LogP contribution in [0.2, 0.25) is 0 Å². The summed E-state index contributed by atoms with van der Waals surface area (Å²) in [5.41, 5.74) is 0.718. The number of aliphatic hydroxyl groups excluding tert-OH is 1. The van der Waals surface area contributed by atoms with E-state index in [1.165, 1.54) is 0 Å². The summed E-state index contributed by atoms with van der Waals surface area (Å²) in [7, 11) is 0. The van der Waals surface area contributed by atoms with Gasteiger partial charge in [0.1, 0.15) is 5.58 Å². The second-order valence-electron chi connectivity index (χ2n) is 4.65. The molecule has 0 bridgehead atoms. The number of nitrogens with one attached hydrogen (secondary N) is 1. The minimum Gasteiger partial charge on any atom is -0.451 e. The zero-order valence-corrected chi connectivity index (χ0v) is 11.1. The Hall–Kier alpha value is -1.81. The van der Waals surface area contributed by atoms with Crippen molar-refractivity contribution in [2.75, 3.05) is 13.2 Å². The van der Waals surface area contributed by atoms with Crippen LogP contribution in [0, 0.1) is 5.92 Å². The predicted octanol–water partition coefficient (Wildman–Crippen LogP) is 2.57. The number of hydrogen-bond acceptors (Lipinski definition) is 3. The first-order chi connectivity index (χ1) is 9.24. The maximum atomic E-state index is 12.0. The molecule has 19 heavy (non-hydrogen) atoms. The van der Waals surface area contributed by atoms with E-state index in [4.69, 9.17) is 9.52 Å². The Labute approximate surface area is 112 Å². The Morgan fingerprint density at radius 2 is 2.21 bits per heavy atom. The highest BCUT2D eigenvalue weighted by molar-refractivity contribution is 5.96. The number of furan rings is 1. The van der Waals surface area contributed by atoms with Gasteiger partial charge < -0.3 is 14.8 Å². The molecule has 0 saturated carbocycles. The predicted molar refractivity (Wildman–Crippen MR) is 74.0 cm³/mol. The summed E-state index contributed by atoms with van der Waals surface area (Å²) >= 11 is 0. The second-order valence-corrected chi connectivity index (χ2v) is 4.65. The molecule has 0 saturated heterocycles.